The van der Waals surface area contributed by atoms with Gasteiger partial charge in [0.05, 0.1) is 18.2 Å². The molecule has 0 aliphatic carbocycles. The van der Waals surface area contributed by atoms with Crippen molar-refractivity contribution in [3.63, 3.8) is 0 Å². The molecule has 0 saturated carbocycles. The van der Waals surface area contributed by atoms with Crippen LogP contribution in [0.25, 0.3) is 0 Å². The zero-order valence-electron chi connectivity index (χ0n) is 11.7. The van der Waals surface area contributed by atoms with Gasteiger partial charge in [0.1, 0.15) is 4.90 Å². The number of rotatable bonds is 4. The first-order valence-electron chi connectivity index (χ1n) is 6.69. The molecule has 1 aromatic rings. The first kappa shape index (κ1) is 17.0. The van der Waals surface area contributed by atoms with E-state index in [1.807, 2.05) is 6.92 Å². The summed E-state index contributed by atoms with van der Waals surface area (Å²) in [5, 5.41) is 0.447. The van der Waals surface area contributed by atoms with Crippen LogP contribution in [-0.4, -0.2) is 38.5 Å². The number of ether oxygens (including phenoxy) is 1. The fourth-order valence-corrected chi connectivity index (χ4v) is 4.95. The highest BCUT2D eigenvalue weighted by atomic mass is 35.5. The van der Waals surface area contributed by atoms with E-state index in [4.69, 9.17) is 33.7 Å². The largest absolute Gasteiger partial charge is 0.378 e. The minimum Gasteiger partial charge on any atom is -0.378 e. The number of hydrogen-bond acceptors (Lipinski definition) is 4. The van der Waals surface area contributed by atoms with Crippen molar-refractivity contribution in [2.45, 2.75) is 30.8 Å². The summed E-state index contributed by atoms with van der Waals surface area (Å²) >= 11 is 12.2. The standard InChI is InChI=1S/C13H18Cl2N2O3S/c1-2-11-8-20-4-3-17(11)21(18,19)12-6-10(14)5-9(7-16)13(12)15/h5-6,11H,2-4,7-8,16H2,1H3. The van der Waals surface area contributed by atoms with E-state index in [1.165, 1.54) is 10.4 Å². The molecule has 1 unspecified atom stereocenters. The van der Waals surface area contributed by atoms with Crippen LogP contribution >= 0.6 is 23.2 Å². The third-order valence-corrected chi connectivity index (χ3v) is 6.28. The van der Waals surface area contributed by atoms with Crippen LogP contribution in [0.3, 0.4) is 0 Å². The van der Waals surface area contributed by atoms with Gasteiger partial charge in [0.25, 0.3) is 0 Å². The molecule has 1 fully saturated rings. The van der Waals surface area contributed by atoms with Gasteiger partial charge in [-0.05, 0) is 24.1 Å². The minimum atomic E-state index is -3.73. The number of halogens is 2. The van der Waals surface area contributed by atoms with Crippen LogP contribution in [0.15, 0.2) is 17.0 Å². The first-order chi connectivity index (χ1) is 9.91. The lowest BCUT2D eigenvalue weighted by molar-refractivity contribution is 0.0314. The number of nitrogens with two attached hydrogens (primary N) is 1. The summed E-state index contributed by atoms with van der Waals surface area (Å²) in [7, 11) is -3.73. The van der Waals surface area contributed by atoms with Gasteiger partial charge in [0.2, 0.25) is 10.0 Å². The highest BCUT2D eigenvalue weighted by Crippen LogP contribution is 2.32. The van der Waals surface area contributed by atoms with Crippen LogP contribution in [0.5, 0.6) is 0 Å². The molecule has 2 N–H and O–H groups in total. The van der Waals surface area contributed by atoms with Crippen LogP contribution in [0, 0.1) is 0 Å². The van der Waals surface area contributed by atoms with Gasteiger partial charge in [-0.15, -0.1) is 0 Å². The SMILES string of the molecule is CCC1COCCN1S(=O)(=O)c1cc(Cl)cc(CN)c1Cl. The molecule has 1 aromatic carbocycles. The molecular formula is C13H18Cl2N2O3S. The Labute approximate surface area is 135 Å². The van der Waals surface area contributed by atoms with Crippen LogP contribution in [0.2, 0.25) is 10.0 Å². The summed E-state index contributed by atoms with van der Waals surface area (Å²) in [6, 6.07) is 2.76. The quantitative estimate of drug-likeness (QED) is 0.901. The molecule has 0 radical (unpaired) electrons. The Bertz CT molecular complexity index is 622. The van der Waals surface area contributed by atoms with Gasteiger partial charge < -0.3 is 10.5 Å². The third-order valence-electron chi connectivity index (χ3n) is 3.53. The molecule has 1 atom stereocenters. The summed E-state index contributed by atoms with van der Waals surface area (Å²) in [4.78, 5) is 0.0115. The van der Waals surface area contributed by atoms with E-state index in [0.29, 0.717) is 36.8 Å². The molecule has 0 amide bonds. The van der Waals surface area contributed by atoms with E-state index in [2.05, 4.69) is 0 Å². The third kappa shape index (κ3) is 3.36. The highest BCUT2D eigenvalue weighted by Gasteiger charge is 2.35. The van der Waals surface area contributed by atoms with E-state index in [-0.39, 0.29) is 22.5 Å². The van der Waals surface area contributed by atoms with Crippen molar-refractivity contribution >= 4 is 33.2 Å². The molecule has 1 aliphatic heterocycles. The lowest BCUT2D eigenvalue weighted by atomic mass is 10.2. The number of nitrogens with zero attached hydrogens (tertiary/aromatic N) is 1. The Hall–Kier alpha value is -0.370. The number of sulfonamides is 1. The molecule has 8 heteroatoms. The predicted molar refractivity (Wildman–Crippen MR) is 83.1 cm³/mol. The van der Waals surface area contributed by atoms with Gasteiger partial charge in [0, 0.05) is 24.2 Å². The van der Waals surface area contributed by atoms with Crippen LogP contribution in [0.1, 0.15) is 18.9 Å². The summed E-state index contributed by atoms with van der Waals surface area (Å²) in [5.74, 6) is 0. The fourth-order valence-electron chi connectivity index (χ4n) is 2.36. The highest BCUT2D eigenvalue weighted by molar-refractivity contribution is 7.89. The average Bonchev–Trinajstić information content (AvgIpc) is 2.48. The van der Waals surface area contributed by atoms with Gasteiger partial charge in [0.15, 0.2) is 0 Å². The molecule has 0 bridgehead atoms. The van der Waals surface area contributed by atoms with E-state index in [9.17, 15) is 8.42 Å². The summed E-state index contributed by atoms with van der Waals surface area (Å²) in [6.45, 7) is 3.12. The molecule has 5 nitrogen and oxygen atoms in total. The zero-order valence-corrected chi connectivity index (χ0v) is 14.0. The molecule has 0 spiro atoms. The van der Waals surface area contributed by atoms with E-state index in [0.717, 1.165) is 0 Å². The summed E-state index contributed by atoms with van der Waals surface area (Å²) in [5.41, 5.74) is 6.11. The molecule has 2 rings (SSSR count). The Morgan fingerprint density at radius 1 is 1.43 bits per heavy atom. The number of morpholine rings is 1. The molecule has 21 heavy (non-hydrogen) atoms. The lowest BCUT2D eigenvalue weighted by Crippen LogP contribution is -2.48. The zero-order chi connectivity index (χ0) is 15.6. The van der Waals surface area contributed by atoms with Crippen molar-refractivity contribution in [1.29, 1.82) is 0 Å². The Kier molecular flexibility index (Phi) is 5.51. The molecule has 1 heterocycles. The molecular weight excluding hydrogens is 335 g/mol. The van der Waals surface area contributed by atoms with Crippen LogP contribution in [0.4, 0.5) is 0 Å². The molecule has 1 aliphatic rings. The van der Waals surface area contributed by atoms with Gasteiger partial charge in [-0.1, -0.05) is 30.1 Å². The van der Waals surface area contributed by atoms with Gasteiger partial charge in [-0.3, -0.25) is 0 Å². The number of benzene rings is 1. The Balaban J connectivity index is 2.50. The fraction of sp³-hybridized carbons (Fsp3) is 0.538. The second-order valence-corrected chi connectivity index (χ2v) is 7.51. The van der Waals surface area contributed by atoms with E-state index < -0.39 is 10.0 Å². The smallest absolute Gasteiger partial charge is 0.245 e. The van der Waals surface area contributed by atoms with Gasteiger partial charge >= 0.3 is 0 Å². The van der Waals surface area contributed by atoms with Crippen LogP contribution < -0.4 is 5.73 Å². The summed E-state index contributed by atoms with van der Waals surface area (Å²) < 4.78 is 32.6. The number of hydrogen-bond donors (Lipinski definition) is 1. The van der Waals surface area contributed by atoms with E-state index >= 15 is 0 Å². The average molecular weight is 353 g/mol. The van der Waals surface area contributed by atoms with Crippen molar-refractivity contribution in [1.82, 2.24) is 4.31 Å². The molecule has 118 valence electrons. The van der Waals surface area contributed by atoms with Crippen molar-refractivity contribution in [3.8, 4) is 0 Å². The maximum Gasteiger partial charge on any atom is 0.245 e. The monoisotopic (exact) mass is 352 g/mol. The normalized spacial score (nSPS) is 20.7. The predicted octanol–water partition coefficient (Wildman–Crippen LogP) is 2.25. The Morgan fingerprint density at radius 3 is 2.76 bits per heavy atom. The van der Waals surface area contributed by atoms with Crippen molar-refractivity contribution in [3.05, 3.63) is 27.7 Å². The van der Waals surface area contributed by atoms with E-state index in [1.54, 1.807) is 6.07 Å². The first-order valence-corrected chi connectivity index (χ1v) is 8.89. The van der Waals surface area contributed by atoms with Gasteiger partial charge in [-0.2, -0.15) is 4.31 Å². The van der Waals surface area contributed by atoms with Crippen molar-refractivity contribution in [2.24, 2.45) is 5.73 Å². The lowest BCUT2D eigenvalue weighted by Gasteiger charge is -2.34. The minimum absolute atomic E-state index is 0.0115. The van der Waals surface area contributed by atoms with Crippen LogP contribution in [-0.2, 0) is 21.3 Å². The second kappa shape index (κ2) is 6.81. The Morgan fingerprint density at radius 2 is 2.14 bits per heavy atom. The van der Waals surface area contributed by atoms with Crippen molar-refractivity contribution in [2.75, 3.05) is 19.8 Å². The van der Waals surface area contributed by atoms with Gasteiger partial charge in [-0.25, -0.2) is 8.42 Å². The molecule has 0 aromatic heterocycles. The molecule has 1 saturated heterocycles. The topological polar surface area (TPSA) is 72.6 Å². The summed E-state index contributed by atoms with van der Waals surface area (Å²) in [6.07, 6.45) is 0.668. The second-order valence-electron chi connectivity index (χ2n) is 4.83. The maximum absolute atomic E-state index is 12.9. The van der Waals surface area contributed by atoms with Crippen molar-refractivity contribution < 1.29 is 13.2 Å². The maximum atomic E-state index is 12.9.